The number of aryl methyl sites for hydroxylation is 1. The highest BCUT2D eigenvalue weighted by Crippen LogP contribution is 2.53. The standard InChI is InChI=1S/C12H14O2/c1-7-3-5-9(6-4-7)10-8(2)11(10)12(13)14/h3-6,8,10-11H,1-2H3,(H,13,14). The molecule has 0 amide bonds. The van der Waals surface area contributed by atoms with Crippen LogP contribution >= 0.6 is 0 Å². The average Bonchev–Trinajstić information content (AvgIpc) is 2.79. The lowest BCUT2D eigenvalue weighted by molar-refractivity contribution is -0.138. The summed E-state index contributed by atoms with van der Waals surface area (Å²) in [6.45, 7) is 4.04. The van der Waals surface area contributed by atoms with E-state index >= 15 is 0 Å². The molecule has 0 bridgehead atoms. The smallest absolute Gasteiger partial charge is 0.307 e. The van der Waals surface area contributed by atoms with Crippen LogP contribution in [0.25, 0.3) is 0 Å². The van der Waals surface area contributed by atoms with Gasteiger partial charge < -0.3 is 5.11 Å². The Kier molecular flexibility index (Phi) is 2.06. The van der Waals surface area contributed by atoms with E-state index in [2.05, 4.69) is 0 Å². The van der Waals surface area contributed by atoms with Crippen LogP contribution in [0.2, 0.25) is 0 Å². The molecule has 2 rings (SSSR count). The second kappa shape index (κ2) is 3.12. The molecule has 1 saturated carbocycles. The minimum Gasteiger partial charge on any atom is -0.481 e. The molecule has 1 aromatic carbocycles. The summed E-state index contributed by atoms with van der Waals surface area (Å²) in [4.78, 5) is 10.8. The van der Waals surface area contributed by atoms with Crippen molar-refractivity contribution in [3.63, 3.8) is 0 Å². The van der Waals surface area contributed by atoms with E-state index in [0.717, 1.165) is 5.56 Å². The summed E-state index contributed by atoms with van der Waals surface area (Å²) in [5.41, 5.74) is 2.38. The summed E-state index contributed by atoms with van der Waals surface area (Å²) in [6.07, 6.45) is 0. The number of carbonyl (C=O) groups is 1. The summed E-state index contributed by atoms with van der Waals surface area (Å²) in [5, 5.41) is 8.91. The van der Waals surface area contributed by atoms with Gasteiger partial charge in [-0.25, -0.2) is 0 Å². The molecule has 0 radical (unpaired) electrons. The molecule has 0 heterocycles. The van der Waals surface area contributed by atoms with Crippen molar-refractivity contribution < 1.29 is 9.90 Å². The monoisotopic (exact) mass is 190 g/mol. The van der Waals surface area contributed by atoms with Crippen LogP contribution < -0.4 is 0 Å². The molecule has 3 unspecified atom stereocenters. The Morgan fingerprint density at radius 3 is 2.29 bits per heavy atom. The minimum absolute atomic E-state index is 0.169. The van der Waals surface area contributed by atoms with Gasteiger partial charge in [0.1, 0.15) is 0 Å². The minimum atomic E-state index is -0.664. The van der Waals surface area contributed by atoms with E-state index in [1.807, 2.05) is 38.1 Å². The maximum absolute atomic E-state index is 10.8. The van der Waals surface area contributed by atoms with Crippen molar-refractivity contribution in [2.24, 2.45) is 11.8 Å². The molecule has 0 aliphatic heterocycles. The fraction of sp³-hybridized carbons (Fsp3) is 0.417. The van der Waals surface area contributed by atoms with E-state index in [-0.39, 0.29) is 17.8 Å². The second-order valence-corrected chi connectivity index (χ2v) is 4.16. The second-order valence-electron chi connectivity index (χ2n) is 4.16. The highest BCUT2D eigenvalue weighted by molar-refractivity contribution is 5.76. The Balaban J connectivity index is 2.19. The molecule has 1 fully saturated rings. The van der Waals surface area contributed by atoms with Crippen LogP contribution in [-0.2, 0) is 4.79 Å². The van der Waals surface area contributed by atoms with Crippen molar-refractivity contribution in [1.82, 2.24) is 0 Å². The summed E-state index contributed by atoms with van der Waals surface area (Å²) in [5.74, 6) is -0.316. The number of carboxylic acids is 1. The van der Waals surface area contributed by atoms with Crippen molar-refractivity contribution in [3.8, 4) is 0 Å². The maximum Gasteiger partial charge on any atom is 0.307 e. The Morgan fingerprint density at radius 2 is 1.86 bits per heavy atom. The van der Waals surface area contributed by atoms with E-state index in [1.165, 1.54) is 5.56 Å². The van der Waals surface area contributed by atoms with Gasteiger partial charge in [0.15, 0.2) is 0 Å². The van der Waals surface area contributed by atoms with Gasteiger partial charge in [-0.2, -0.15) is 0 Å². The summed E-state index contributed by atoms with van der Waals surface area (Å²) < 4.78 is 0. The lowest BCUT2D eigenvalue weighted by Gasteiger charge is -1.98. The predicted molar refractivity (Wildman–Crippen MR) is 54.2 cm³/mol. The van der Waals surface area contributed by atoms with Crippen molar-refractivity contribution in [3.05, 3.63) is 35.4 Å². The van der Waals surface area contributed by atoms with Crippen molar-refractivity contribution in [1.29, 1.82) is 0 Å². The number of hydrogen-bond acceptors (Lipinski definition) is 1. The fourth-order valence-corrected chi connectivity index (χ4v) is 2.14. The van der Waals surface area contributed by atoms with Gasteiger partial charge in [0, 0.05) is 5.92 Å². The van der Waals surface area contributed by atoms with Crippen LogP contribution in [0.15, 0.2) is 24.3 Å². The Hall–Kier alpha value is -1.31. The van der Waals surface area contributed by atoms with Gasteiger partial charge in [-0.1, -0.05) is 36.8 Å². The Morgan fingerprint density at radius 1 is 1.29 bits per heavy atom. The van der Waals surface area contributed by atoms with Gasteiger partial charge in [-0.05, 0) is 18.4 Å². The molecular formula is C12H14O2. The maximum atomic E-state index is 10.8. The molecule has 14 heavy (non-hydrogen) atoms. The number of rotatable bonds is 2. The van der Waals surface area contributed by atoms with Gasteiger partial charge in [0.05, 0.1) is 5.92 Å². The molecule has 1 aliphatic rings. The van der Waals surface area contributed by atoms with Gasteiger partial charge in [0.25, 0.3) is 0 Å². The average molecular weight is 190 g/mol. The first kappa shape index (κ1) is 9.25. The van der Waals surface area contributed by atoms with Crippen LogP contribution in [-0.4, -0.2) is 11.1 Å². The molecule has 2 heteroatoms. The third-order valence-electron chi connectivity index (χ3n) is 3.13. The zero-order valence-electron chi connectivity index (χ0n) is 8.40. The normalized spacial score (nSPS) is 30.0. The molecule has 0 spiro atoms. The topological polar surface area (TPSA) is 37.3 Å². The third-order valence-corrected chi connectivity index (χ3v) is 3.13. The van der Waals surface area contributed by atoms with E-state index in [0.29, 0.717) is 0 Å². The summed E-state index contributed by atoms with van der Waals surface area (Å²) in [6, 6.07) is 8.16. The van der Waals surface area contributed by atoms with E-state index < -0.39 is 5.97 Å². The molecule has 1 aromatic rings. The lowest BCUT2D eigenvalue weighted by Crippen LogP contribution is -1.99. The van der Waals surface area contributed by atoms with Crippen molar-refractivity contribution in [2.75, 3.05) is 0 Å². The highest BCUT2D eigenvalue weighted by Gasteiger charge is 2.52. The molecule has 1 N–H and O–H groups in total. The third kappa shape index (κ3) is 1.41. The quantitative estimate of drug-likeness (QED) is 0.777. The summed E-state index contributed by atoms with van der Waals surface area (Å²) in [7, 11) is 0. The van der Waals surface area contributed by atoms with Gasteiger partial charge in [-0.3, -0.25) is 4.79 Å². The first-order valence-corrected chi connectivity index (χ1v) is 4.90. The molecular weight excluding hydrogens is 176 g/mol. The summed E-state index contributed by atoms with van der Waals surface area (Å²) >= 11 is 0. The largest absolute Gasteiger partial charge is 0.481 e. The molecule has 0 saturated heterocycles. The first-order chi connectivity index (χ1) is 6.61. The zero-order valence-corrected chi connectivity index (χ0v) is 8.40. The first-order valence-electron chi connectivity index (χ1n) is 4.90. The molecule has 0 aromatic heterocycles. The van der Waals surface area contributed by atoms with Crippen LogP contribution in [0.5, 0.6) is 0 Å². The van der Waals surface area contributed by atoms with Gasteiger partial charge in [0.2, 0.25) is 0 Å². The number of hydrogen-bond donors (Lipinski definition) is 1. The SMILES string of the molecule is Cc1ccc(C2C(C)C2C(=O)O)cc1. The molecule has 3 atom stereocenters. The van der Waals surface area contributed by atoms with Crippen LogP contribution in [0, 0.1) is 18.8 Å². The lowest BCUT2D eigenvalue weighted by atomic mass is 10.1. The molecule has 2 nitrogen and oxygen atoms in total. The van der Waals surface area contributed by atoms with E-state index in [1.54, 1.807) is 0 Å². The van der Waals surface area contributed by atoms with Crippen LogP contribution in [0.4, 0.5) is 0 Å². The Bertz CT molecular complexity index is 353. The predicted octanol–water partition coefficient (Wildman–Crippen LogP) is 2.43. The van der Waals surface area contributed by atoms with Crippen molar-refractivity contribution in [2.45, 2.75) is 19.8 Å². The number of aliphatic carboxylic acids is 1. The van der Waals surface area contributed by atoms with E-state index in [9.17, 15) is 4.79 Å². The fourth-order valence-electron chi connectivity index (χ4n) is 2.14. The molecule has 74 valence electrons. The highest BCUT2D eigenvalue weighted by atomic mass is 16.4. The number of carboxylic acid groups (broad SMARTS) is 1. The number of benzene rings is 1. The van der Waals surface area contributed by atoms with Crippen LogP contribution in [0.1, 0.15) is 24.0 Å². The van der Waals surface area contributed by atoms with Crippen LogP contribution in [0.3, 0.4) is 0 Å². The van der Waals surface area contributed by atoms with Crippen molar-refractivity contribution >= 4 is 5.97 Å². The van der Waals surface area contributed by atoms with E-state index in [4.69, 9.17) is 5.11 Å². The zero-order chi connectivity index (χ0) is 10.3. The van der Waals surface area contributed by atoms with Gasteiger partial charge in [-0.15, -0.1) is 0 Å². The molecule has 1 aliphatic carbocycles. The van der Waals surface area contributed by atoms with Gasteiger partial charge >= 0.3 is 5.97 Å². The Labute approximate surface area is 83.6 Å².